The van der Waals surface area contributed by atoms with E-state index in [9.17, 15) is 14.9 Å². The largest absolute Gasteiger partial charge is 0.357 e. The number of anilines is 1. The minimum atomic E-state index is -0.465. The minimum Gasteiger partial charge on any atom is -0.357 e. The van der Waals surface area contributed by atoms with E-state index in [0.29, 0.717) is 16.4 Å². The molecule has 0 atom stereocenters. The number of nitrogens with zero attached hydrogens (tertiary/aromatic N) is 2. The van der Waals surface area contributed by atoms with E-state index in [-0.39, 0.29) is 11.5 Å². The maximum Gasteiger partial charge on any atom is 0.304 e. The third-order valence-corrected chi connectivity index (χ3v) is 3.43. The van der Waals surface area contributed by atoms with Crippen LogP contribution in [-0.4, -0.2) is 24.3 Å². The number of thiophene rings is 1. The molecule has 1 aromatic heterocycles. The molecule has 17 heavy (non-hydrogen) atoms. The van der Waals surface area contributed by atoms with Crippen LogP contribution in [0.25, 0.3) is 0 Å². The quantitative estimate of drug-likeness (QED) is 0.351. The second-order valence-corrected chi connectivity index (χ2v) is 4.96. The third-order valence-electron chi connectivity index (χ3n) is 2.09. The third kappa shape index (κ3) is 3.13. The molecule has 1 heterocycles. The predicted octanol–water partition coefficient (Wildman–Crippen LogP) is 2.87. The van der Waals surface area contributed by atoms with Crippen LogP contribution in [0.1, 0.15) is 23.5 Å². The van der Waals surface area contributed by atoms with Gasteiger partial charge in [0.2, 0.25) is 0 Å². The predicted molar refractivity (Wildman–Crippen MR) is 69.1 cm³/mol. The van der Waals surface area contributed by atoms with Gasteiger partial charge >= 0.3 is 5.69 Å². The van der Waals surface area contributed by atoms with Crippen molar-refractivity contribution < 1.29 is 9.72 Å². The molecule has 5 nitrogen and oxygen atoms in total. The summed E-state index contributed by atoms with van der Waals surface area (Å²) in [5, 5.41) is 11.4. The molecule has 0 spiro atoms. The molecule has 0 amide bonds. The van der Waals surface area contributed by atoms with Crippen molar-refractivity contribution >= 4 is 27.8 Å². The van der Waals surface area contributed by atoms with Crippen LogP contribution in [0.15, 0.2) is 18.2 Å². The van der Waals surface area contributed by atoms with Gasteiger partial charge in [-0.1, -0.05) is 12.2 Å². The lowest BCUT2D eigenvalue weighted by molar-refractivity contribution is -0.383. The summed E-state index contributed by atoms with van der Waals surface area (Å²) in [7, 11) is 1.75. The fourth-order valence-electron chi connectivity index (χ4n) is 1.43. The van der Waals surface area contributed by atoms with Crippen molar-refractivity contribution in [2.24, 2.45) is 0 Å². The Morgan fingerprint density at radius 1 is 1.59 bits per heavy atom. The van der Waals surface area contributed by atoms with Crippen molar-refractivity contribution in [2.75, 3.05) is 18.5 Å². The highest BCUT2D eigenvalue weighted by Gasteiger charge is 2.23. The number of hydrogen-bond acceptors (Lipinski definition) is 5. The molecule has 6 heteroatoms. The highest BCUT2D eigenvalue weighted by Crippen LogP contribution is 2.37. The fourth-order valence-corrected chi connectivity index (χ4v) is 2.41. The first kappa shape index (κ1) is 13.4. The summed E-state index contributed by atoms with van der Waals surface area (Å²) in [6.45, 7) is 7.54. The average molecular weight is 254 g/mol. The molecule has 0 saturated carbocycles. The van der Waals surface area contributed by atoms with Crippen LogP contribution in [0.2, 0.25) is 0 Å². The molecule has 0 N–H and O–H groups in total. The van der Waals surface area contributed by atoms with Gasteiger partial charge in [-0.3, -0.25) is 14.9 Å². The van der Waals surface area contributed by atoms with E-state index in [2.05, 4.69) is 6.58 Å². The molecule has 1 aromatic rings. The van der Waals surface area contributed by atoms with Crippen LogP contribution in [0.5, 0.6) is 0 Å². The number of carbonyl (C=O) groups is 1. The Bertz CT molecular complexity index is 479. The lowest BCUT2D eigenvalue weighted by Crippen LogP contribution is -2.18. The Balaban J connectivity index is 3.16. The van der Waals surface area contributed by atoms with Gasteiger partial charge in [0.1, 0.15) is 0 Å². The molecule has 0 unspecified atom stereocenters. The molecule has 0 aliphatic carbocycles. The van der Waals surface area contributed by atoms with Gasteiger partial charge in [0.05, 0.1) is 9.80 Å². The van der Waals surface area contributed by atoms with Crippen LogP contribution >= 0.6 is 11.3 Å². The maximum atomic E-state index is 11.2. The van der Waals surface area contributed by atoms with Gasteiger partial charge in [0.25, 0.3) is 0 Å². The van der Waals surface area contributed by atoms with Crippen LogP contribution in [0, 0.1) is 10.1 Å². The summed E-state index contributed by atoms with van der Waals surface area (Å²) in [6.07, 6.45) is 0. The lowest BCUT2D eigenvalue weighted by Gasteiger charge is -2.16. The van der Waals surface area contributed by atoms with Crippen molar-refractivity contribution in [1.29, 1.82) is 0 Å². The Morgan fingerprint density at radius 3 is 2.59 bits per heavy atom. The number of hydrogen-bond donors (Lipinski definition) is 0. The van der Waals surface area contributed by atoms with Gasteiger partial charge in [-0.05, 0) is 13.8 Å². The zero-order valence-electron chi connectivity index (χ0n) is 10.0. The first-order chi connectivity index (χ1) is 7.82. The first-order valence-corrected chi connectivity index (χ1v) is 5.79. The Hall–Kier alpha value is -1.69. The van der Waals surface area contributed by atoms with Crippen molar-refractivity contribution in [2.45, 2.75) is 13.8 Å². The van der Waals surface area contributed by atoms with E-state index in [4.69, 9.17) is 0 Å². The Kier molecular flexibility index (Phi) is 4.01. The summed E-state index contributed by atoms with van der Waals surface area (Å²) >= 11 is 1.14. The molecule has 0 radical (unpaired) electrons. The first-order valence-electron chi connectivity index (χ1n) is 4.97. The van der Waals surface area contributed by atoms with Gasteiger partial charge in [0, 0.05) is 19.7 Å². The van der Waals surface area contributed by atoms with Gasteiger partial charge in [-0.15, -0.1) is 11.3 Å². The topological polar surface area (TPSA) is 63.5 Å². The molecule has 0 fully saturated rings. The Morgan fingerprint density at radius 2 is 2.18 bits per heavy atom. The number of Topliss-reactive ketones (excluding diaryl/α,β-unsaturated/α-hetero) is 1. The maximum absolute atomic E-state index is 11.2. The van der Waals surface area contributed by atoms with Crippen LogP contribution in [-0.2, 0) is 0 Å². The zero-order chi connectivity index (χ0) is 13.2. The average Bonchev–Trinajstić information content (AvgIpc) is 2.60. The van der Waals surface area contributed by atoms with Crippen LogP contribution in [0.3, 0.4) is 0 Å². The Labute approximate surface area is 104 Å². The van der Waals surface area contributed by atoms with Gasteiger partial charge in [-0.2, -0.15) is 0 Å². The number of carbonyl (C=O) groups excluding carboxylic acids is 1. The summed E-state index contributed by atoms with van der Waals surface area (Å²) in [5.41, 5.74) is 0.878. The fraction of sp³-hybridized carbons (Fsp3) is 0.364. The van der Waals surface area contributed by atoms with Gasteiger partial charge in [-0.25, -0.2) is 0 Å². The summed E-state index contributed by atoms with van der Waals surface area (Å²) in [6, 6.07) is 1.33. The van der Waals surface area contributed by atoms with E-state index >= 15 is 0 Å². The molecule has 1 rings (SSSR count). The number of rotatable bonds is 5. The van der Waals surface area contributed by atoms with Crippen molar-refractivity contribution in [1.82, 2.24) is 0 Å². The molecular formula is C11H14N2O3S. The lowest BCUT2D eigenvalue weighted by atomic mass is 10.3. The molecule has 0 bridgehead atoms. The number of likely N-dealkylation sites (N-methyl/N-ethyl adjacent to an activating group) is 1. The van der Waals surface area contributed by atoms with Crippen molar-refractivity contribution in [3.05, 3.63) is 33.2 Å². The SMILES string of the molecule is C=C(C)CN(C)c1sc(C(C)=O)cc1[N+](=O)[O-]. The molecule has 0 saturated heterocycles. The highest BCUT2D eigenvalue weighted by molar-refractivity contribution is 7.18. The molecule has 0 aliphatic rings. The smallest absolute Gasteiger partial charge is 0.304 e. The summed E-state index contributed by atoms with van der Waals surface area (Å²) in [5.74, 6) is -0.159. The second kappa shape index (κ2) is 5.09. The minimum absolute atomic E-state index is 0.0241. The van der Waals surface area contributed by atoms with Crippen LogP contribution < -0.4 is 4.90 Å². The van der Waals surface area contributed by atoms with E-state index in [1.54, 1.807) is 11.9 Å². The standard InChI is InChI=1S/C11H14N2O3S/c1-7(2)6-12(4)11-9(13(15)16)5-10(17-11)8(3)14/h5H,1,6H2,2-4H3. The zero-order valence-corrected chi connectivity index (χ0v) is 10.8. The normalized spacial score (nSPS) is 10.1. The number of ketones is 1. The van der Waals surface area contributed by atoms with Crippen molar-refractivity contribution in [3.63, 3.8) is 0 Å². The number of nitro groups is 1. The molecule has 0 aromatic carbocycles. The van der Waals surface area contributed by atoms with E-state index in [1.807, 2.05) is 6.92 Å². The molecule has 0 aliphatic heterocycles. The monoisotopic (exact) mass is 254 g/mol. The summed E-state index contributed by atoms with van der Waals surface area (Å²) in [4.78, 5) is 23.8. The molecule has 92 valence electrons. The van der Waals surface area contributed by atoms with Crippen LogP contribution in [0.4, 0.5) is 10.7 Å². The second-order valence-electron chi connectivity index (χ2n) is 3.93. The van der Waals surface area contributed by atoms with Gasteiger partial charge < -0.3 is 4.90 Å². The molecular weight excluding hydrogens is 240 g/mol. The highest BCUT2D eigenvalue weighted by atomic mass is 32.1. The van der Waals surface area contributed by atoms with E-state index in [0.717, 1.165) is 16.9 Å². The van der Waals surface area contributed by atoms with Crippen molar-refractivity contribution in [3.8, 4) is 0 Å². The van der Waals surface area contributed by atoms with E-state index in [1.165, 1.54) is 13.0 Å². The van der Waals surface area contributed by atoms with E-state index < -0.39 is 4.92 Å². The summed E-state index contributed by atoms with van der Waals surface area (Å²) < 4.78 is 0. The van der Waals surface area contributed by atoms with Gasteiger partial charge in [0.15, 0.2) is 10.8 Å².